The van der Waals surface area contributed by atoms with Gasteiger partial charge in [-0.2, -0.15) is 0 Å². The molecule has 0 aromatic heterocycles. The summed E-state index contributed by atoms with van der Waals surface area (Å²) in [7, 11) is -3.97. The molecule has 1 atom stereocenters. The molecule has 0 radical (unpaired) electrons. The molecule has 0 aliphatic carbocycles. The van der Waals surface area contributed by atoms with E-state index >= 15 is 0 Å². The molecule has 0 fully saturated rings. The standard InChI is InChI=1S/C28H30Cl2FN3O4S/c1-3-15-32-28(36)26(16-20-7-5-4-6-8-20)33(18-21-9-12-23(31)13-10-21)27(35)19-34(39(2,37)38)25-14-11-22(29)17-24(25)30/h4-14,17,26H,3,15-16,18-19H2,1-2H3,(H,32,36)/t26-/m0/s1. The van der Waals surface area contributed by atoms with Crippen molar-refractivity contribution in [2.45, 2.75) is 32.4 Å². The normalized spacial score (nSPS) is 12.0. The Labute approximate surface area is 238 Å². The highest BCUT2D eigenvalue weighted by molar-refractivity contribution is 7.92. The third-order valence-electron chi connectivity index (χ3n) is 5.94. The van der Waals surface area contributed by atoms with Gasteiger partial charge in [0.1, 0.15) is 18.4 Å². The zero-order valence-corrected chi connectivity index (χ0v) is 23.9. The van der Waals surface area contributed by atoms with E-state index in [0.29, 0.717) is 23.6 Å². The summed E-state index contributed by atoms with van der Waals surface area (Å²) in [5, 5.41) is 3.20. The summed E-state index contributed by atoms with van der Waals surface area (Å²) in [6.45, 7) is 1.64. The molecule has 39 heavy (non-hydrogen) atoms. The van der Waals surface area contributed by atoms with Crippen molar-refractivity contribution in [3.8, 4) is 0 Å². The van der Waals surface area contributed by atoms with Gasteiger partial charge in [-0.05, 0) is 47.9 Å². The fourth-order valence-corrected chi connectivity index (χ4v) is 5.41. The summed E-state index contributed by atoms with van der Waals surface area (Å²) in [6, 6.07) is 18.0. The molecule has 0 aliphatic heterocycles. The Bertz CT molecular complexity index is 1390. The van der Waals surface area contributed by atoms with Gasteiger partial charge in [-0.15, -0.1) is 0 Å². The third-order valence-corrected chi connectivity index (χ3v) is 7.61. The monoisotopic (exact) mass is 593 g/mol. The van der Waals surface area contributed by atoms with Crippen LogP contribution in [0.5, 0.6) is 0 Å². The minimum Gasteiger partial charge on any atom is -0.354 e. The summed E-state index contributed by atoms with van der Waals surface area (Å²) in [5.74, 6) is -1.46. The highest BCUT2D eigenvalue weighted by atomic mass is 35.5. The van der Waals surface area contributed by atoms with Crippen LogP contribution in [0.15, 0.2) is 72.8 Å². The van der Waals surface area contributed by atoms with Crippen molar-refractivity contribution in [1.29, 1.82) is 0 Å². The Hall–Kier alpha value is -3.14. The highest BCUT2D eigenvalue weighted by Gasteiger charge is 2.33. The molecule has 0 heterocycles. The lowest BCUT2D eigenvalue weighted by molar-refractivity contribution is -0.140. The number of hydrogen-bond acceptors (Lipinski definition) is 4. The first kappa shape index (κ1) is 30.4. The molecule has 2 amide bonds. The Morgan fingerprint density at radius 2 is 1.64 bits per heavy atom. The van der Waals surface area contributed by atoms with Crippen molar-refractivity contribution in [2.24, 2.45) is 0 Å². The number of nitrogens with zero attached hydrogens (tertiary/aromatic N) is 2. The number of carbonyl (C=O) groups excluding carboxylic acids is 2. The first-order chi connectivity index (χ1) is 18.5. The van der Waals surface area contributed by atoms with Crippen LogP contribution in [0.25, 0.3) is 0 Å². The average Bonchev–Trinajstić information content (AvgIpc) is 2.89. The molecular formula is C28H30Cl2FN3O4S. The smallest absolute Gasteiger partial charge is 0.244 e. The lowest BCUT2D eigenvalue weighted by atomic mass is 10.0. The molecule has 0 saturated carbocycles. The quantitative estimate of drug-likeness (QED) is 0.318. The molecule has 0 aliphatic rings. The summed E-state index contributed by atoms with van der Waals surface area (Å²) in [5.41, 5.74) is 1.46. The maximum atomic E-state index is 13.9. The van der Waals surface area contributed by atoms with Crippen molar-refractivity contribution in [3.63, 3.8) is 0 Å². The van der Waals surface area contributed by atoms with Gasteiger partial charge in [0, 0.05) is 24.5 Å². The summed E-state index contributed by atoms with van der Waals surface area (Å²) >= 11 is 12.3. The zero-order valence-electron chi connectivity index (χ0n) is 21.6. The van der Waals surface area contributed by atoms with E-state index in [0.717, 1.165) is 16.1 Å². The van der Waals surface area contributed by atoms with E-state index in [1.807, 2.05) is 37.3 Å². The van der Waals surface area contributed by atoms with Crippen LogP contribution >= 0.6 is 23.2 Å². The third kappa shape index (κ3) is 8.68. The van der Waals surface area contributed by atoms with Gasteiger partial charge >= 0.3 is 0 Å². The maximum absolute atomic E-state index is 13.9. The van der Waals surface area contributed by atoms with E-state index in [4.69, 9.17) is 23.2 Å². The van der Waals surface area contributed by atoms with Gasteiger partial charge in [-0.1, -0.05) is 72.6 Å². The van der Waals surface area contributed by atoms with Gasteiger partial charge in [-0.25, -0.2) is 12.8 Å². The van der Waals surface area contributed by atoms with Crippen LogP contribution in [0, 0.1) is 5.82 Å². The summed E-state index contributed by atoms with van der Waals surface area (Å²) in [6.07, 6.45) is 1.83. The molecule has 3 aromatic rings. The number of benzene rings is 3. The van der Waals surface area contributed by atoms with Gasteiger partial charge in [0.2, 0.25) is 21.8 Å². The van der Waals surface area contributed by atoms with Crippen LogP contribution in [0.1, 0.15) is 24.5 Å². The van der Waals surface area contributed by atoms with E-state index in [1.165, 1.54) is 47.4 Å². The molecule has 0 saturated heterocycles. The van der Waals surface area contributed by atoms with Crippen molar-refractivity contribution in [2.75, 3.05) is 23.7 Å². The lowest BCUT2D eigenvalue weighted by Gasteiger charge is -2.33. The van der Waals surface area contributed by atoms with E-state index in [-0.39, 0.29) is 29.6 Å². The number of nitrogens with one attached hydrogen (secondary N) is 1. The van der Waals surface area contributed by atoms with E-state index in [1.54, 1.807) is 0 Å². The van der Waals surface area contributed by atoms with Crippen LogP contribution in [0.2, 0.25) is 10.0 Å². The number of hydrogen-bond donors (Lipinski definition) is 1. The first-order valence-corrected chi connectivity index (χ1v) is 14.9. The second-order valence-electron chi connectivity index (χ2n) is 9.01. The first-order valence-electron chi connectivity index (χ1n) is 12.3. The molecule has 0 bridgehead atoms. The number of rotatable bonds is 12. The van der Waals surface area contributed by atoms with Crippen LogP contribution < -0.4 is 9.62 Å². The van der Waals surface area contributed by atoms with Crippen molar-refractivity contribution in [1.82, 2.24) is 10.2 Å². The van der Waals surface area contributed by atoms with Crippen molar-refractivity contribution >= 4 is 50.7 Å². The van der Waals surface area contributed by atoms with Gasteiger partial charge in [0.05, 0.1) is 17.0 Å². The Morgan fingerprint density at radius 1 is 0.974 bits per heavy atom. The van der Waals surface area contributed by atoms with Crippen LogP contribution in [0.3, 0.4) is 0 Å². The van der Waals surface area contributed by atoms with Gasteiger partial charge in [0.15, 0.2) is 0 Å². The van der Waals surface area contributed by atoms with Crippen LogP contribution in [0.4, 0.5) is 10.1 Å². The molecule has 208 valence electrons. The van der Waals surface area contributed by atoms with Crippen LogP contribution in [-0.2, 0) is 32.6 Å². The largest absolute Gasteiger partial charge is 0.354 e. The molecule has 3 rings (SSSR count). The summed E-state index contributed by atoms with van der Waals surface area (Å²) in [4.78, 5) is 28.7. The topological polar surface area (TPSA) is 86.8 Å². The van der Waals surface area contributed by atoms with Crippen molar-refractivity contribution in [3.05, 3.63) is 99.8 Å². The predicted molar refractivity (Wildman–Crippen MR) is 153 cm³/mol. The fraction of sp³-hybridized carbons (Fsp3) is 0.286. The van der Waals surface area contributed by atoms with Gasteiger partial charge < -0.3 is 10.2 Å². The number of amides is 2. The molecule has 1 N–H and O–H groups in total. The fourth-order valence-electron chi connectivity index (χ4n) is 3.98. The molecule has 3 aromatic carbocycles. The molecule has 7 nitrogen and oxygen atoms in total. The Balaban J connectivity index is 2.05. The average molecular weight is 595 g/mol. The predicted octanol–water partition coefficient (Wildman–Crippen LogP) is 5.06. The minimum atomic E-state index is -3.97. The minimum absolute atomic E-state index is 0.0485. The number of carbonyl (C=O) groups is 2. The SMILES string of the molecule is CCCNC(=O)[C@H](Cc1ccccc1)N(Cc1ccc(F)cc1)C(=O)CN(c1ccc(Cl)cc1Cl)S(C)(=O)=O. The number of halogens is 3. The zero-order chi connectivity index (χ0) is 28.6. The van der Waals surface area contributed by atoms with E-state index < -0.39 is 34.3 Å². The Morgan fingerprint density at radius 3 is 2.23 bits per heavy atom. The van der Waals surface area contributed by atoms with Crippen LogP contribution in [-0.4, -0.2) is 50.5 Å². The highest BCUT2D eigenvalue weighted by Crippen LogP contribution is 2.30. The molecule has 0 unspecified atom stereocenters. The molecule has 11 heteroatoms. The second kappa shape index (κ2) is 13.8. The second-order valence-corrected chi connectivity index (χ2v) is 11.8. The Kier molecular flexibility index (Phi) is 10.7. The lowest BCUT2D eigenvalue weighted by Crippen LogP contribution is -2.53. The molecular weight excluding hydrogens is 564 g/mol. The number of anilines is 1. The molecule has 0 spiro atoms. The van der Waals surface area contributed by atoms with Gasteiger partial charge in [0.25, 0.3) is 0 Å². The van der Waals surface area contributed by atoms with E-state index in [9.17, 15) is 22.4 Å². The summed E-state index contributed by atoms with van der Waals surface area (Å²) < 4.78 is 40.1. The van der Waals surface area contributed by atoms with Crippen molar-refractivity contribution < 1.29 is 22.4 Å². The van der Waals surface area contributed by atoms with E-state index in [2.05, 4.69) is 5.32 Å². The van der Waals surface area contributed by atoms with Gasteiger partial charge in [-0.3, -0.25) is 13.9 Å². The maximum Gasteiger partial charge on any atom is 0.244 e. The number of sulfonamides is 1.